The second-order valence-electron chi connectivity index (χ2n) is 6.99. The number of alkyl halides is 3. The second-order valence-corrected chi connectivity index (χ2v) is 6.99. The first-order valence-electron chi connectivity index (χ1n) is 9.04. The van der Waals surface area contributed by atoms with Crippen molar-refractivity contribution in [1.82, 2.24) is 34.7 Å². The first kappa shape index (κ1) is 19.7. The zero-order valence-corrected chi connectivity index (χ0v) is 16.2. The van der Waals surface area contributed by atoms with E-state index in [2.05, 4.69) is 35.5 Å². The van der Waals surface area contributed by atoms with Gasteiger partial charge in [0, 0.05) is 29.7 Å². The fourth-order valence-electron chi connectivity index (χ4n) is 2.86. The molecule has 0 aliphatic rings. The van der Waals surface area contributed by atoms with Crippen molar-refractivity contribution < 1.29 is 17.7 Å². The first-order valence-corrected chi connectivity index (χ1v) is 9.04. The Morgan fingerprint density at radius 1 is 1.10 bits per heavy atom. The van der Waals surface area contributed by atoms with Crippen LogP contribution in [0.4, 0.5) is 19.0 Å². The van der Waals surface area contributed by atoms with Gasteiger partial charge in [-0.2, -0.15) is 27.7 Å². The molecule has 4 aromatic rings. The quantitative estimate of drug-likeness (QED) is 0.523. The molecule has 4 rings (SSSR count). The average molecular weight is 418 g/mol. The lowest BCUT2D eigenvalue weighted by atomic mass is 10.0. The van der Waals surface area contributed by atoms with Gasteiger partial charge in [0.1, 0.15) is 11.9 Å². The Balaban J connectivity index is 1.71. The standard InChI is InChI=1S/C18H17F3N8O/c1-9(2)13(15-25-14(28-30-15)11-4-6-22-7-5-11)24-12-8-10(3)23-17-26-16(18(19,20)21)27-29(12)17/h4-9,13,24H,1-3H3. The number of fused-ring (bicyclic) bond motifs is 1. The minimum Gasteiger partial charge on any atom is -0.358 e. The largest absolute Gasteiger partial charge is 0.453 e. The molecular weight excluding hydrogens is 401 g/mol. The number of nitrogens with zero attached hydrogens (tertiary/aromatic N) is 7. The van der Waals surface area contributed by atoms with E-state index in [1.165, 1.54) is 0 Å². The number of pyridine rings is 1. The molecule has 0 aromatic carbocycles. The Hall–Kier alpha value is -3.57. The Kier molecular flexibility index (Phi) is 4.84. The molecule has 12 heteroatoms. The number of rotatable bonds is 5. The van der Waals surface area contributed by atoms with Crippen molar-refractivity contribution in [2.24, 2.45) is 5.92 Å². The zero-order chi connectivity index (χ0) is 21.5. The van der Waals surface area contributed by atoms with E-state index in [0.717, 1.165) is 10.1 Å². The third-order valence-electron chi connectivity index (χ3n) is 4.31. The summed E-state index contributed by atoms with van der Waals surface area (Å²) >= 11 is 0. The van der Waals surface area contributed by atoms with Crippen LogP contribution in [0.2, 0.25) is 0 Å². The lowest BCUT2D eigenvalue weighted by Crippen LogP contribution is -2.19. The highest BCUT2D eigenvalue weighted by atomic mass is 19.4. The average Bonchev–Trinajstić information content (AvgIpc) is 3.33. The van der Waals surface area contributed by atoms with E-state index in [9.17, 15) is 13.2 Å². The molecule has 30 heavy (non-hydrogen) atoms. The topological polar surface area (TPSA) is 107 Å². The Labute approximate surface area is 168 Å². The Bertz CT molecular complexity index is 1170. The van der Waals surface area contributed by atoms with E-state index in [1.54, 1.807) is 37.5 Å². The molecule has 0 radical (unpaired) electrons. The van der Waals surface area contributed by atoms with Gasteiger partial charge >= 0.3 is 6.18 Å². The second kappa shape index (κ2) is 7.35. The molecule has 1 unspecified atom stereocenters. The van der Waals surface area contributed by atoms with Crippen LogP contribution in [0.3, 0.4) is 0 Å². The maximum absolute atomic E-state index is 13.1. The maximum atomic E-state index is 13.1. The van der Waals surface area contributed by atoms with E-state index >= 15 is 0 Å². The minimum atomic E-state index is -4.68. The van der Waals surface area contributed by atoms with Crippen molar-refractivity contribution in [2.45, 2.75) is 33.0 Å². The SMILES string of the molecule is Cc1cc(NC(c2nc(-c3ccncc3)no2)C(C)C)n2nc(C(F)(F)F)nc2n1. The van der Waals surface area contributed by atoms with Crippen LogP contribution >= 0.6 is 0 Å². The molecule has 0 saturated heterocycles. The van der Waals surface area contributed by atoms with Crippen LogP contribution in [0.5, 0.6) is 0 Å². The molecular formula is C18H17F3N8O. The molecule has 0 spiro atoms. The Morgan fingerprint density at radius 3 is 2.50 bits per heavy atom. The highest BCUT2D eigenvalue weighted by Crippen LogP contribution is 2.30. The fourth-order valence-corrected chi connectivity index (χ4v) is 2.86. The van der Waals surface area contributed by atoms with E-state index < -0.39 is 18.0 Å². The fraction of sp³-hybridized carbons (Fsp3) is 0.333. The van der Waals surface area contributed by atoms with Gasteiger partial charge in [-0.05, 0) is 25.0 Å². The molecule has 0 bridgehead atoms. The monoisotopic (exact) mass is 418 g/mol. The van der Waals surface area contributed by atoms with Crippen molar-refractivity contribution in [1.29, 1.82) is 0 Å². The summed E-state index contributed by atoms with van der Waals surface area (Å²) in [7, 11) is 0. The van der Waals surface area contributed by atoms with E-state index in [0.29, 0.717) is 11.5 Å². The molecule has 0 saturated carbocycles. The van der Waals surface area contributed by atoms with Gasteiger partial charge in [-0.15, -0.1) is 5.10 Å². The van der Waals surface area contributed by atoms with Crippen molar-refractivity contribution in [3.63, 3.8) is 0 Å². The molecule has 9 nitrogen and oxygen atoms in total. The van der Waals surface area contributed by atoms with Gasteiger partial charge in [0.15, 0.2) is 0 Å². The molecule has 0 fully saturated rings. The summed E-state index contributed by atoms with van der Waals surface area (Å²) < 4.78 is 45.6. The number of anilines is 1. The number of hydrogen-bond donors (Lipinski definition) is 1. The minimum absolute atomic E-state index is 0.0372. The van der Waals surface area contributed by atoms with Crippen molar-refractivity contribution in [2.75, 3.05) is 5.32 Å². The van der Waals surface area contributed by atoms with Gasteiger partial charge in [-0.25, -0.2) is 4.98 Å². The van der Waals surface area contributed by atoms with Crippen LogP contribution in [0.25, 0.3) is 17.2 Å². The highest BCUT2D eigenvalue weighted by molar-refractivity contribution is 5.53. The number of aryl methyl sites for hydroxylation is 1. The van der Waals surface area contributed by atoms with Gasteiger partial charge < -0.3 is 9.84 Å². The van der Waals surface area contributed by atoms with E-state index in [4.69, 9.17) is 4.52 Å². The van der Waals surface area contributed by atoms with Gasteiger partial charge in [-0.1, -0.05) is 19.0 Å². The first-order chi connectivity index (χ1) is 14.2. The van der Waals surface area contributed by atoms with Gasteiger partial charge in [-0.3, -0.25) is 4.98 Å². The van der Waals surface area contributed by atoms with E-state index in [1.807, 2.05) is 13.8 Å². The van der Waals surface area contributed by atoms with E-state index in [-0.39, 0.29) is 23.4 Å². The van der Waals surface area contributed by atoms with Crippen LogP contribution < -0.4 is 5.32 Å². The maximum Gasteiger partial charge on any atom is 0.453 e. The zero-order valence-electron chi connectivity index (χ0n) is 16.2. The number of halogens is 3. The summed E-state index contributed by atoms with van der Waals surface area (Å²) in [5.41, 5.74) is 1.22. The molecule has 156 valence electrons. The molecule has 1 N–H and O–H groups in total. The summed E-state index contributed by atoms with van der Waals surface area (Å²) in [5, 5.41) is 10.7. The predicted molar refractivity (Wildman–Crippen MR) is 99.3 cm³/mol. The predicted octanol–water partition coefficient (Wildman–Crippen LogP) is 3.71. The van der Waals surface area contributed by atoms with Crippen molar-refractivity contribution >= 4 is 11.6 Å². The smallest absolute Gasteiger partial charge is 0.358 e. The molecule has 4 heterocycles. The lowest BCUT2D eigenvalue weighted by molar-refractivity contribution is -0.144. The molecule has 0 amide bonds. The van der Waals surface area contributed by atoms with Gasteiger partial charge in [0.05, 0.1) is 0 Å². The third-order valence-corrected chi connectivity index (χ3v) is 4.31. The van der Waals surface area contributed by atoms with Crippen LogP contribution in [0.1, 0.15) is 37.3 Å². The highest BCUT2D eigenvalue weighted by Gasteiger charge is 2.37. The van der Waals surface area contributed by atoms with Crippen molar-refractivity contribution in [3.05, 3.63) is 48.0 Å². The number of hydrogen-bond acceptors (Lipinski definition) is 8. The van der Waals surface area contributed by atoms with Gasteiger partial charge in [0.25, 0.3) is 11.6 Å². The van der Waals surface area contributed by atoms with Crippen LogP contribution in [0.15, 0.2) is 35.1 Å². The number of nitrogens with one attached hydrogen (secondary N) is 1. The summed E-state index contributed by atoms with van der Waals surface area (Å²) in [6.07, 6.45) is -1.45. The van der Waals surface area contributed by atoms with Crippen LogP contribution in [-0.4, -0.2) is 34.7 Å². The lowest BCUT2D eigenvalue weighted by Gasteiger charge is -2.20. The van der Waals surface area contributed by atoms with Gasteiger partial charge in [0.2, 0.25) is 11.7 Å². The molecule has 1 atom stereocenters. The summed E-state index contributed by atoms with van der Waals surface area (Å²) in [4.78, 5) is 15.9. The summed E-state index contributed by atoms with van der Waals surface area (Å²) in [5.74, 6) is -0.503. The molecule has 4 aromatic heterocycles. The van der Waals surface area contributed by atoms with Crippen molar-refractivity contribution in [3.8, 4) is 11.4 Å². The third kappa shape index (κ3) is 3.80. The van der Waals surface area contributed by atoms with Crippen LogP contribution in [-0.2, 0) is 6.18 Å². The molecule has 0 aliphatic carbocycles. The Morgan fingerprint density at radius 2 is 1.83 bits per heavy atom. The summed E-state index contributed by atoms with van der Waals surface area (Å²) in [6.45, 7) is 5.50. The van der Waals surface area contributed by atoms with Crippen LogP contribution in [0, 0.1) is 12.8 Å². The summed E-state index contributed by atoms with van der Waals surface area (Å²) in [6, 6.07) is 4.58. The normalized spacial score (nSPS) is 13.2. The number of aromatic nitrogens is 7. The molecule has 0 aliphatic heterocycles.